The number of nitrogens with one attached hydrogen (secondary N) is 2. The number of hydrogen-bond donors (Lipinski definition) is 2. The van der Waals surface area contributed by atoms with Crippen molar-refractivity contribution in [3.8, 4) is 11.5 Å². The molecule has 0 radical (unpaired) electrons. The van der Waals surface area contributed by atoms with E-state index in [0.717, 1.165) is 16.8 Å². The molecule has 0 saturated carbocycles. The molecule has 0 heterocycles. The molecule has 2 N–H and O–H groups in total. The second kappa shape index (κ2) is 10.5. The van der Waals surface area contributed by atoms with Gasteiger partial charge in [-0.25, -0.2) is 0 Å². The summed E-state index contributed by atoms with van der Waals surface area (Å²) in [6, 6.07) is 23.9. The summed E-state index contributed by atoms with van der Waals surface area (Å²) in [7, 11) is 1.60. The summed E-state index contributed by atoms with van der Waals surface area (Å²) in [6.07, 6.45) is 0. The molecule has 3 aromatic carbocycles. The van der Waals surface area contributed by atoms with Crippen LogP contribution < -0.4 is 20.1 Å². The second-order valence-corrected chi connectivity index (χ2v) is 7.20. The number of benzene rings is 3. The summed E-state index contributed by atoms with van der Waals surface area (Å²) >= 11 is 0. The normalized spacial score (nSPS) is 11.6. The van der Waals surface area contributed by atoms with E-state index in [-0.39, 0.29) is 18.6 Å². The lowest BCUT2D eigenvalue weighted by Crippen LogP contribution is -2.20. The van der Waals surface area contributed by atoms with Crippen molar-refractivity contribution in [3.63, 3.8) is 0 Å². The molecular formula is C25H28N2O3. The Morgan fingerprint density at radius 2 is 1.70 bits per heavy atom. The molecule has 0 aliphatic carbocycles. The molecule has 1 atom stereocenters. The van der Waals surface area contributed by atoms with Gasteiger partial charge in [-0.3, -0.25) is 4.79 Å². The Hall–Kier alpha value is -3.31. The van der Waals surface area contributed by atoms with Gasteiger partial charge in [0, 0.05) is 18.3 Å². The summed E-state index contributed by atoms with van der Waals surface area (Å²) < 4.78 is 11.1. The molecule has 0 fully saturated rings. The van der Waals surface area contributed by atoms with E-state index in [4.69, 9.17) is 9.47 Å². The fourth-order valence-electron chi connectivity index (χ4n) is 3.05. The fourth-order valence-corrected chi connectivity index (χ4v) is 3.05. The van der Waals surface area contributed by atoms with Gasteiger partial charge in [-0.2, -0.15) is 0 Å². The van der Waals surface area contributed by atoms with E-state index in [9.17, 15) is 4.79 Å². The van der Waals surface area contributed by atoms with Crippen molar-refractivity contribution in [3.05, 3.63) is 89.5 Å². The van der Waals surface area contributed by atoms with Crippen molar-refractivity contribution in [2.45, 2.75) is 26.4 Å². The topological polar surface area (TPSA) is 59.6 Å². The third kappa shape index (κ3) is 6.09. The van der Waals surface area contributed by atoms with Crippen LogP contribution in [0.15, 0.2) is 72.8 Å². The maximum Gasteiger partial charge on any atom is 0.262 e. The molecule has 1 unspecified atom stereocenters. The van der Waals surface area contributed by atoms with Gasteiger partial charge in [0.2, 0.25) is 0 Å². The van der Waals surface area contributed by atoms with Crippen LogP contribution in [0.25, 0.3) is 0 Å². The number of methoxy groups -OCH3 is 1. The Kier molecular flexibility index (Phi) is 7.46. The second-order valence-electron chi connectivity index (χ2n) is 7.20. The van der Waals surface area contributed by atoms with Crippen LogP contribution in [0.4, 0.5) is 5.69 Å². The van der Waals surface area contributed by atoms with Gasteiger partial charge in [-0.15, -0.1) is 0 Å². The number of ether oxygens (including phenoxy) is 2. The van der Waals surface area contributed by atoms with Gasteiger partial charge in [0.05, 0.1) is 7.11 Å². The highest BCUT2D eigenvalue weighted by Crippen LogP contribution is 2.28. The zero-order valence-electron chi connectivity index (χ0n) is 17.6. The van der Waals surface area contributed by atoms with E-state index in [2.05, 4.69) is 29.7 Å². The van der Waals surface area contributed by atoms with Gasteiger partial charge in [-0.1, -0.05) is 54.1 Å². The van der Waals surface area contributed by atoms with Gasteiger partial charge < -0.3 is 20.1 Å². The van der Waals surface area contributed by atoms with Crippen LogP contribution in [0.2, 0.25) is 0 Å². The van der Waals surface area contributed by atoms with Crippen LogP contribution in [0, 0.1) is 6.92 Å². The zero-order valence-corrected chi connectivity index (χ0v) is 17.6. The maximum atomic E-state index is 12.2. The van der Waals surface area contributed by atoms with Crippen LogP contribution in [0.3, 0.4) is 0 Å². The lowest BCUT2D eigenvalue weighted by Gasteiger charge is -2.16. The van der Waals surface area contributed by atoms with Gasteiger partial charge in [-0.05, 0) is 49.2 Å². The molecule has 5 heteroatoms. The molecule has 156 valence electrons. The van der Waals surface area contributed by atoms with Crippen molar-refractivity contribution in [1.29, 1.82) is 0 Å². The molecule has 0 aromatic heterocycles. The number of anilines is 1. The number of aryl methyl sites for hydroxylation is 1. The first kappa shape index (κ1) is 21.4. The third-order valence-electron chi connectivity index (χ3n) is 4.83. The summed E-state index contributed by atoms with van der Waals surface area (Å²) in [5, 5.41) is 6.33. The third-order valence-corrected chi connectivity index (χ3v) is 4.83. The van der Waals surface area contributed by atoms with Crippen molar-refractivity contribution in [2.75, 3.05) is 19.0 Å². The predicted octanol–water partition coefficient (Wildman–Crippen LogP) is 4.87. The average molecular weight is 405 g/mol. The molecule has 0 saturated heterocycles. The summed E-state index contributed by atoms with van der Waals surface area (Å²) in [5.74, 6) is 0.921. The average Bonchev–Trinajstić information content (AvgIpc) is 2.78. The highest BCUT2D eigenvalue weighted by atomic mass is 16.5. The minimum atomic E-state index is -0.219. The number of carbonyl (C=O) groups is 1. The smallest absolute Gasteiger partial charge is 0.262 e. The van der Waals surface area contributed by atoms with Gasteiger partial charge in [0.1, 0.15) is 0 Å². The monoisotopic (exact) mass is 404 g/mol. The Labute approximate surface area is 178 Å². The van der Waals surface area contributed by atoms with Crippen molar-refractivity contribution in [2.24, 2.45) is 0 Å². The van der Waals surface area contributed by atoms with Gasteiger partial charge in [0.15, 0.2) is 18.1 Å². The fraction of sp³-hybridized carbons (Fsp3) is 0.240. The minimum absolute atomic E-state index is 0.0904. The molecule has 3 aromatic rings. The van der Waals surface area contributed by atoms with E-state index >= 15 is 0 Å². The number of rotatable bonds is 9. The largest absolute Gasteiger partial charge is 0.493 e. The minimum Gasteiger partial charge on any atom is -0.493 e. The first-order valence-corrected chi connectivity index (χ1v) is 9.99. The maximum absolute atomic E-state index is 12.2. The van der Waals surface area contributed by atoms with Crippen LogP contribution in [-0.4, -0.2) is 19.6 Å². The lowest BCUT2D eigenvalue weighted by molar-refractivity contribution is -0.118. The van der Waals surface area contributed by atoms with Crippen molar-refractivity contribution in [1.82, 2.24) is 5.32 Å². The Balaban J connectivity index is 1.54. The highest BCUT2D eigenvalue weighted by Gasteiger charge is 2.10. The Bertz CT molecular complexity index is 956. The Morgan fingerprint density at radius 3 is 2.40 bits per heavy atom. The highest BCUT2D eigenvalue weighted by molar-refractivity contribution is 5.91. The molecule has 5 nitrogen and oxygen atoms in total. The zero-order chi connectivity index (χ0) is 21.3. The Morgan fingerprint density at radius 1 is 0.967 bits per heavy atom. The summed E-state index contributed by atoms with van der Waals surface area (Å²) in [4.78, 5) is 12.2. The molecular weight excluding hydrogens is 376 g/mol. The molecule has 1 amide bonds. The van der Waals surface area contributed by atoms with Crippen LogP contribution in [0.5, 0.6) is 11.5 Å². The standard InChI is InChI=1S/C25H28N2O3/c1-18-9-12-22(13-10-18)27-25(28)17-30-23-14-11-20(15-24(23)29-3)16-26-19(2)21-7-5-4-6-8-21/h4-15,19,26H,16-17H2,1-3H3,(H,27,28). The van der Waals surface area contributed by atoms with E-state index in [1.807, 2.05) is 67.6 Å². The lowest BCUT2D eigenvalue weighted by atomic mass is 10.1. The van der Waals surface area contributed by atoms with E-state index < -0.39 is 0 Å². The molecule has 0 bridgehead atoms. The van der Waals surface area contributed by atoms with Gasteiger partial charge >= 0.3 is 0 Å². The number of carbonyl (C=O) groups excluding carboxylic acids is 1. The van der Waals surface area contributed by atoms with Crippen LogP contribution >= 0.6 is 0 Å². The van der Waals surface area contributed by atoms with E-state index in [0.29, 0.717) is 18.0 Å². The predicted molar refractivity (Wildman–Crippen MR) is 120 cm³/mol. The first-order chi connectivity index (χ1) is 14.5. The molecule has 3 rings (SSSR count). The number of amides is 1. The van der Waals surface area contributed by atoms with Crippen LogP contribution in [0.1, 0.15) is 29.7 Å². The van der Waals surface area contributed by atoms with Crippen molar-refractivity contribution >= 4 is 11.6 Å². The van der Waals surface area contributed by atoms with E-state index in [1.54, 1.807) is 7.11 Å². The summed E-state index contributed by atoms with van der Waals surface area (Å²) in [6.45, 7) is 4.74. The molecule has 0 spiro atoms. The molecule has 0 aliphatic rings. The van der Waals surface area contributed by atoms with Crippen LogP contribution in [-0.2, 0) is 11.3 Å². The molecule has 30 heavy (non-hydrogen) atoms. The molecule has 0 aliphatic heterocycles. The number of hydrogen-bond acceptors (Lipinski definition) is 4. The van der Waals surface area contributed by atoms with Crippen molar-refractivity contribution < 1.29 is 14.3 Å². The van der Waals surface area contributed by atoms with E-state index in [1.165, 1.54) is 5.56 Å². The summed E-state index contributed by atoms with van der Waals surface area (Å²) in [5.41, 5.74) is 4.20. The first-order valence-electron chi connectivity index (χ1n) is 9.99. The quantitative estimate of drug-likeness (QED) is 0.534. The van der Waals surface area contributed by atoms with Gasteiger partial charge in [0.25, 0.3) is 5.91 Å². The SMILES string of the molecule is COc1cc(CNC(C)c2ccccc2)ccc1OCC(=O)Nc1ccc(C)cc1.